The van der Waals surface area contributed by atoms with Crippen molar-refractivity contribution in [3.8, 4) is 20.2 Å². The SMILES string of the molecule is CCCCCCCCc1nc2cccc(-c3cc4c(s3)-c3sccc3C4(CC(CC)CCCC)CC(CC)CCCC)c2nc1CCCCC. The van der Waals surface area contributed by atoms with Crippen molar-refractivity contribution in [1.82, 2.24) is 9.97 Å². The van der Waals surface area contributed by atoms with E-state index in [1.165, 1.54) is 144 Å². The predicted molar refractivity (Wildman–Crippen MR) is 223 cm³/mol. The second-order valence-corrected chi connectivity index (χ2v) is 17.6. The van der Waals surface area contributed by atoms with E-state index in [9.17, 15) is 0 Å². The monoisotopic (exact) mass is 712 g/mol. The minimum atomic E-state index is 0.119. The van der Waals surface area contributed by atoms with Crippen LogP contribution in [0.5, 0.6) is 0 Å². The first-order chi connectivity index (χ1) is 24.5. The van der Waals surface area contributed by atoms with Gasteiger partial charge in [0.1, 0.15) is 0 Å². The largest absolute Gasteiger partial charge is 0.249 e. The summed E-state index contributed by atoms with van der Waals surface area (Å²) >= 11 is 4.03. The molecule has 3 heterocycles. The lowest BCUT2D eigenvalue weighted by Gasteiger charge is -2.37. The maximum absolute atomic E-state index is 5.54. The Morgan fingerprint density at radius 1 is 0.620 bits per heavy atom. The maximum atomic E-state index is 5.54. The van der Waals surface area contributed by atoms with Gasteiger partial charge in [-0.05, 0) is 85.1 Å². The number of unbranched alkanes of at least 4 members (excludes halogenated alkanes) is 9. The summed E-state index contributed by atoms with van der Waals surface area (Å²) in [5.74, 6) is 1.53. The van der Waals surface area contributed by atoms with Crippen molar-refractivity contribution >= 4 is 33.7 Å². The molecule has 0 saturated heterocycles. The highest BCUT2D eigenvalue weighted by molar-refractivity contribution is 7.23. The molecule has 0 saturated carbocycles. The molecule has 4 heteroatoms. The average molecular weight is 713 g/mol. The molecule has 0 bridgehead atoms. The summed E-state index contributed by atoms with van der Waals surface area (Å²) in [6.45, 7) is 14.2. The van der Waals surface area contributed by atoms with Crippen LogP contribution in [0, 0.1) is 11.8 Å². The van der Waals surface area contributed by atoms with Crippen LogP contribution in [0.3, 0.4) is 0 Å². The highest BCUT2D eigenvalue weighted by Crippen LogP contribution is 2.61. The lowest BCUT2D eigenvalue weighted by molar-refractivity contribution is 0.266. The second-order valence-electron chi connectivity index (χ2n) is 15.6. The lowest BCUT2D eigenvalue weighted by Crippen LogP contribution is -2.31. The van der Waals surface area contributed by atoms with Gasteiger partial charge in [-0.15, -0.1) is 22.7 Å². The van der Waals surface area contributed by atoms with Gasteiger partial charge in [0.15, 0.2) is 0 Å². The van der Waals surface area contributed by atoms with Crippen LogP contribution in [0.15, 0.2) is 35.7 Å². The van der Waals surface area contributed by atoms with Crippen molar-refractivity contribution in [1.29, 1.82) is 0 Å². The van der Waals surface area contributed by atoms with Crippen molar-refractivity contribution in [2.24, 2.45) is 11.8 Å². The molecule has 0 radical (unpaired) electrons. The summed E-state index contributed by atoms with van der Waals surface area (Å²) in [6, 6.07) is 12.0. The first kappa shape index (κ1) is 39.2. The average Bonchev–Trinajstić information content (AvgIpc) is 3.85. The van der Waals surface area contributed by atoms with E-state index in [2.05, 4.69) is 77.3 Å². The van der Waals surface area contributed by atoms with E-state index in [1.54, 1.807) is 20.9 Å². The van der Waals surface area contributed by atoms with Gasteiger partial charge in [0.05, 0.1) is 22.4 Å². The molecule has 0 amide bonds. The zero-order valence-electron chi connectivity index (χ0n) is 32.7. The standard InChI is InChI=1S/C46H68N2S2/c1-7-13-17-18-19-21-27-39-40(26-20-14-8-2)48-43-36(25-22-28-41(43)47-39)42-31-38-45(50-42)44-37(29-30-49-44)46(38,32-34(11-5)23-15-9-3)33-35(12-6)24-16-10-4/h22,25,28-31,34-35H,7-21,23-24,26-27,32-33H2,1-6H3. The Labute approximate surface area is 314 Å². The third-order valence-electron chi connectivity index (χ3n) is 11.9. The topological polar surface area (TPSA) is 25.8 Å². The Balaban J connectivity index is 1.56. The van der Waals surface area contributed by atoms with Crippen LogP contribution in [0.1, 0.15) is 186 Å². The van der Waals surface area contributed by atoms with E-state index < -0.39 is 0 Å². The summed E-state index contributed by atoms with van der Waals surface area (Å²) in [6.07, 6.45) is 26.8. The normalized spacial score (nSPS) is 16.6. The maximum Gasteiger partial charge on any atom is 0.0976 e. The number of para-hydroxylation sites is 1. The van der Waals surface area contributed by atoms with Crippen LogP contribution in [0.2, 0.25) is 0 Å². The van der Waals surface area contributed by atoms with E-state index in [0.717, 1.165) is 35.7 Å². The van der Waals surface area contributed by atoms with Crippen LogP contribution >= 0.6 is 22.7 Å². The summed E-state index contributed by atoms with van der Waals surface area (Å²) in [4.78, 5) is 15.4. The number of rotatable bonds is 24. The fourth-order valence-electron chi connectivity index (χ4n) is 8.81. The van der Waals surface area contributed by atoms with Crippen molar-refractivity contribution in [3.63, 3.8) is 0 Å². The molecule has 2 atom stereocenters. The molecule has 1 aliphatic rings. The second kappa shape index (κ2) is 19.7. The van der Waals surface area contributed by atoms with Crippen molar-refractivity contribution in [2.45, 2.75) is 182 Å². The molecule has 0 spiro atoms. The quantitative estimate of drug-likeness (QED) is 0.0676. The highest BCUT2D eigenvalue weighted by atomic mass is 32.1. The molecule has 274 valence electrons. The van der Waals surface area contributed by atoms with Gasteiger partial charge in [-0.2, -0.15) is 0 Å². The number of thiophene rings is 2. The van der Waals surface area contributed by atoms with Gasteiger partial charge in [0.2, 0.25) is 0 Å². The molecule has 1 aliphatic carbocycles. The Bertz CT molecular complexity index is 1580. The van der Waals surface area contributed by atoms with Gasteiger partial charge < -0.3 is 0 Å². The zero-order valence-corrected chi connectivity index (χ0v) is 34.3. The molecule has 0 N–H and O–H groups in total. The summed E-state index contributed by atoms with van der Waals surface area (Å²) < 4.78 is 0. The molecule has 50 heavy (non-hydrogen) atoms. The van der Waals surface area contributed by atoms with E-state index in [1.807, 2.05) is 22.7 Å². The molecule has 3 aromatic heterocycles. The van der Waals surface area contributed by atoms with Gasteiger partial charge in [0.25, 0.3) is 0 Å². The Morgan fingerprint density at radius 2 is 1.22 bits per heavy atom. The number of benzene rings is 1. The Kier molecular flexibility index (Phi) is 15.4. The zero-order chi connectivity index (χ0) is 35.3. The molecule has 2 unspecified atom stereocenters. The number of fused-ring (bicyclic) bond motifs is 4. The van der Waals surface area contributed by atoms with Gasteiger partial charge in [0, 0.05) is 25.6 Å². The summed E-state index contributed by atoms with van der Waals surface area (Å²) in [5, 5.41) is 2.39. The number of aryl methyl sites for hydroxylation is 2. The number of hydrogen-bond acceptors (Lipinski definition) is 4. The highest BCUT2D eigenvalue weighted by Gasteiger charge is 2.47. The Morgan fingerprint density at radius 3 is 1.88 bits per heavy atom. The first-order valence-corrected chi connectivity index (χ1v) is 22.7. The molecule has 2 nitrogen and oxygen atoms in total. The van der Waals surface area contributed by atoms with Crippen LogP contribution in [0.4, 0.5) is 0 Å². The summed E-state index contributed by atoms with van der Waals surface area (Å²) in [7, 11) is 0. The minimum absolute atomic E-state index is 0.119. The number of hydrogen-bond donors (Lipinski definition) is 0. The third kappa shape index (κ3) is 9.11. The molecule has 5 rings (SSSR count). The molecule has 1 aromatic carbocycles. The molecule has 0 aliphatic heterocycles. The van der Waals surface area contributed by atoms with Crippen LogP contribution in [-0.2, 0) is 18.3 Å². The van der Waals surface area contributed by atoms with Crippen LogP contribution in [-0.4, -0.2) is 9.97 Å². The van der Waals surface area contributed by atoms with Crippen LogP contribution in [0.25, 0.3) is 31.2 Å². The lowest BCUT2D eigenvalue weighted by atomic mass is 9.65. The van der Waals surface area contributed by atoms with Gasteiger partial charge in [-0.3, -0.25) is 0 Å². The fourth-order valence-corrected chi connectivity index (χ4v) is 11.3. The van der Waals surface area contributed by atoms with Crippen molar-refractivity contribution in [3.05, 3.63) is 58.2 Å². The number of nitrogens with zero attached hydrogens (tertiary/aromatic N) is 2. The predicted octanol–water partition coefficient (Wildman–Crippen LogP) is 15.5. The first-order valence-electron chi connectivity index (χ1n) is 21.0. The van der Waals surface area contributed by atoms with E-state index in [0.29, 0.717) is 0 Å². The minimum Gasteiger partial charge on any atom is -0.249 e. The van der Waals surface area contributed by atoms with Gasteiger partial charge >= 0.3 is 0 Å². The smallest absolute Gasteiger partial charge is 0.0976 e. The fraction of sp³-hybridized carbons (Fsp3) is 0.652. The Hall–Kier alpha value is -2.04. The molecular formula is C46H68N2S2. The summed E-state index contributed by atoms with van der Waals surface area (Å²) in [5.41, 5.74) is 9.41. The van der Waals surface area contributed by atoms with E-state index >= 15 is 0 Å². The van der Waals surface area contributed by atoms with Gasteiger partial charge in [-0.25, -0.2) is 9.97 Å². The van der Waals surface area contributed by atoms with Crippen molar-refractivity contribution < 1.29 is 0 Å². The third-order valence-corrected chi connectivity index (χ3v) is 14.1. The molecule has 4 aromatic rings. The molecule has 0 fully saturated rings. The van der Waals surface area contributed by atoms with Crippen molar-refractivity contribution in [2.75, 3.05) is 0 Å². The van der Waals surface area contributed by atoms with E-state index in [4.69, 9.17) is 9.97 Å². The van der Waals surface area contributed by atoms with E-state index in [-0.39, 0.29) is 5.41 Å². The van der Waals surface area contributed by atoms with Gasteiger partial charge in [-0.1, -0.05) is 150 Å². The van der Waals surface area contributed by atoms with Crippen LogP contribution < -0.4 is 0 Å². The molecular weight excluding hydrogens is 645 g/mol. The number of aromatic nitrogens is 2.